The zero-order valence-corrected chi connectivity index (χ0v) is 18.5. The van der Waals surface area contributed by atoms with Gasteiger partial charge in [-0.1, -0.05) is 30.7 Å². The third kappa shape index (κ3) is 6.65. The first kappa shape index (κ1) is 23.0. The topological polar surface area (TPSA) is 75.7 Å². The third-order valence-corrected chi connectivity index (χ3v) is 5.94. The molecule has 0 saturated heterocycles. The molecule has 8 heteroatoms. The van der Waals surface area contributed by atoms with E-state index in [9.17, 15) is 13.2 Å². The van der Waals surface area contributed by atoms with Crippen molar-refractivity contribution in [1.82, 2.24) is 5.32 Å². The van der Waals surface area contributed by atoms with Gasteiger partial charge in [0.1, 0.15) is 11.8 Å². The molecular weight excluding hydrogens is 412 g/mol. The number of rotatable bonds is 10. The summed E-state index contributed by atoms with van der Waals surface area (Å²) in [6.07, 6.45) is 2.99. The van der Waals surface area contributed by atoms with Gasteiger partial charge in [0.05, 0.1) is 19.1 Å². The molecule has 0 spiro atoms. The molecule has 0 saturated carbocycles. The third-order valence-electron chi connectivity index (χ3n) is 4.51. The Morgan fingerprint density at radius 3 is 2.28 bits per heavy atom. The summed E-state index contributed by atoms with van der Waals surface area (Å²) in [5.41, 5.74) is 1.56. The van der Waals surface area contributed by atoms with Crippen molar-refractivity contribution in [3.63, 3.8) is 0 Å². The van der Waals surface area contributed by atoms with E-state index in [2.05, 4.69) is 5.32 Å². The predicted molar refractivity (Wildman–Crippen MR) is 117 cm³/mol. The minimum Gasteiger partial charge on any atom is -0.497 e. The van der Waals surface area contributed by atoms with Gasteiger partial charge in [0, 0.05) is 11.6 Å². The first-order valence-electron chi connectivity index (χ1n) is 9.42. The van der Waals surface area contributed by atoms with Crippen LogP contribution in [0.15, 0.2) is 48.5 Å². The van der Waals surface area contributed by atoms with Crippen LogP contribution in [-0.2, 0) is 21.2 Å². The Morgan fingerprint density at radius 1 is 1.14 bits per heavy atom. The molecule has 1 unspecified atom stereocenters. The highest BCUT2D eigenvalue weighted by Crippen LogP contribution is 2.24. The lowest BCUT2D eigenvalue weighted by atomic mass is 10.1. The Morgan fingerprint density at radius 2 is 1.76 bits per heavy atom. The summed E-state index contributed by atoms with van der Waals surface area (Å²) >= 11 is 5.90. The van der Waals surface area contributed by atoms with Crippen LogP contribution < -0.4 is 14.4 Å². The number of carbonyl (C=O) groups excluding carboxylic acids is 1. The highest BCUT2D eigenvalue weighted by Gasteiger charge is 2.31. The van der Waals surface area contributed by atoms with Crippen LogP contribution in [0.25, 0.3) is 0 Å². The molecule has 0 heterocycles. The monoisotopic (exact) mass is 438 g/mol. The van der Waals surface area contributed by atoms with E-state index < -0.39 is 16.1 Å². The molecule has 0 radical (unpaired) electrons. The van der Waals surface area contributed by atoms with Gasteiger partial charge in [0.2, 0.25) is 15.9 Å². The van der Waals surface area contributed by atoms with Crippen LogP contribution in [0.3, 0.4) is 0 Å². The molecule has 2 rings (SSSR count). The number of nitrogens with one attached hydrogen (secondary N) is 1. The van der Waals surface area contributed by atoms with Crippen molar-refractivity contribution in [2.45, 2.75) is 32.2 Å². The maximum absolute atomic E-state index is 12.7. The number of sulfonamides is 1. The summed E-state index contributed by atoms with van der Waals surface area (Å²) in [5.74, 6) is 0.485. The standard InChI is InChI=1S/C21H27ClN2O4S/c1-4-20(24(29(3,26)27)18-11-9-17(22)10-12-18)21(25)23-15-5-6-16-7-13-19(28-2)14-8-16/h7-14,20H,4-6,15H2,1-3H3,(H,23,25). The van der Waals surface area contributed by atoms with E-state index in [1.807, 2.05) is 24.3 Å². The molecule has 0 bridgehead atoms. The van der Waals surface area contributed by atoms with Crippen molar-refractivity contribution in [1.29, 1.82) is 0 Å². The number of carbonyl (C=O) groups is 1. The van der Waals surface area contributed by atoms with E-state index in [1.165, 1.54) is 0 Å². The van der Waals surface area contributed by atoms with Crippen LogP contribution in [0.4, 0.5) is 5.69 Å². The SMILES string of the molecule is CCC(C(=O)NCCCc1ccc(OC)cc1)N(c1ccc(Cl)cc1)S(C)(=O)=O. The summed E-state index contributed by atoms with van der Waals surface area (Å²) in [4.78, 5) is 12.7. The van der Waals surface area contributed by atoms with Gasteiger partial charge in [0.25, 0.3) is 0 Å². The molecule has 0 aliphatic rings. The van der Waals surface area contributed by atoms with E-state index in [-0.39, 0.29) is 5.91 Å². The van der Waals surface area contributed by atoms with Crippen LogP contribution in [0.5, 0.6) is 5.75 Å². The van der Waals surface area contributed by atoms with E-state index in [1.54, 1.807) is 38.3 Å². The van der Waals surface area contributed by atoms with Crippen LogP contribution in [-0.4, -0.2) is 40.3 Å². The molecule has 1 amide bonds. The minimum absolute atomic E-state index is 0.317. The average Bonchev–Trinajstić information content (AvgIpc) is 2.69. The number of nitrogens with zero attached hydrogens (tertiary/aromatic N) is 1. The summed E-state index contributed by atoms with van der Waals surface area (Å²) in [7, 11) is -2.03. The summed E-state index contributed by atoms with van der Waals surface area (Å²) in [6, 6.07) is 13.4. The molecule has 2 aromatic rings. The number of amides is 1. The Hall–Kier alpha value is -2.25. The number of benzene rings is 2. The van der Waals surface area contributed by atoms with E-state index in [0.29, 0.717) is 23.7 Å². The first-order chi connectivity index (χ1) is 13.8. The van der Waals surface area contributed by atoms with Crippen LogP contribution in [0.1, 0.15) is 25.3 Å². The molecule has 29 heavy (non-hydrogen) atoms. The number of halogens is 1. The fourth-order valence-corrected chi connectivity index (χ4v) is 4.40. The van der Waals surface area contributed by atoms with Gasteiger partial charge in [0.15, 0.2) is 0 Å². The second-order valence-electron chi connectivity index (χ2n) is 6.70. The van der Waals surface area contributed by atoms with E-state index >= 15 is 0 Å². The maximum Gasteiger partial charge on any atom is 0.243 e. The van der Waals surface area contributed by atoms with Gasteiger partial charge in [-0.15, -0.1) is 0 Å². The minimum atomic E-state index is -3.65. The quantitative estimate of drug-likeness (QED) is 0.574. The Balaban J connectivity index is 2.00. The Kier molecular flexibility index (Phi) is 8.34. The van der Waals surface area contributed by atoms with Crippen molar-refractivity contribution in [2.24, 2.45) is 0 Å². The van der Waals surface area contributed by atoms with E-state index in [0.717, 1.165) is 34.7 Å². The normalized spacial score (nSPS) is 12.3. The molecule has 0 fully saturated rings. The fourth-order valence-electron chi connectivity index (χ4n) is 3.06. The predicted octanol–water partition coefficient (Wildman–Crippen LogP) is 3.64. The lowest BCUT2D eigenvalue weighted by molar-refractivity contribution is -0.122. The lowest BCUT2D eigenvalue weighted by Crippen LogP contribution is -2.49. The number of hydrogen-bond acceptors (Lipinski definition) is 4. The number of ether oxygens (including phenoxy) is 1. The second-order valence-corrected chi connectivity index (χ2v) is 9.00. The van der Waals surface area contributed by atoms with Gasteiger partial charge in [-0.25, -0.2) is 8.42 Å². The van der Waals surface area contributed by atoms with Gasteiger partial charge in [-0.05, 0) is 61.2 Å². The zero-order valence-electron chi connectivity index (χ0n) is 16.9. The number of methoxy groups -OCH3 is 1. The molecular formula is C21H27ClN2O4S. The van der Waals surface area contributed by atoms with Gasteiger partial charge < -0.3 is 10.1 Å². The van der Waals surface area contributed by atoms with Gasteiger partial charge in [-0.3, -0.25) is 9.10 Å². The summed E-state index contributed by atoms with van der Waals surface area (Å²) in [5, 5.41) is 3.36. The number of hydrogen-bond donors (Lipinski definition) is 1. The molecule has 6 nitrogen and oxygen atoms in total. The van der Waals surface area contributed by atoms with E-state index in [4.69, 9.17) is 16.3 Å². The summed E-state index contributed by atoms with van der Waals surface area (Å²) in [6.45, 7) is 2.25. The van der Waals surface area contributed by atoms with Crippen LogP contribution >= 0.6 is 11.6 Å². The molecule has 1 N–H and O–H groups in total. The van der Waals surface area contributed by atoms with Crippen molar-refractivity contribution in [2.75, 3.05) is 24.2 Å². The zero-order chi connectivity index (χ0) is 21.4. The molecule has 1 atom stereocenters. The molecule has 158 valence electrons. The lowest BCUT2D eigenvalue weighted by Gasteiger charge is -2.30. The smallest absolute Gasteiger partial charge is 0.243 e. The fraction of sp³-hybridized carbons (Fsp3) is 0.381. The maximum atomic E-state index is 12.7. The number of aryl methyl sites for hydroxylation is 1. The molecule has 0 aliphatic heterocycles. The highest BCUT2D eigenvalue weighted by molar-refractivity contribution is 7.92. The van der Waals surface area contributed by atoms with Crippen LogP contribution in [0, 0.1) is 0 Å². The van der Waals surface area contributed by atoms with Gasteiger partial charge in [-0.2, -0.15) is 0 Å². The van der Waals surface area contributed by atoms with Gasteiger partial charge >= 0.3 is 0 Å². The Labute approximate surface area is 177 Å². The largest absolute Gasteiger partial charge is 0.497 e. The molecule has 0 aromatic heterocycles. The second kappa shape index (κ2) is 10.5. The van der Waals surface area contributed by atoms with Crippen LogP contribution in [0.2, 0.25) is 5.02 Å². The Bertz CT molecular complexity index is 899. The van der Waals surface area contributed by atoms with Crippen molar-refractivity contribution >= 4 is 33.2 Å². The molecule has 2 aromatic carbocycles. The van der Waals surface area contributed by atoms with Crippen molar-refractivity contribution in [3.8, 4) is 5.75 Å². The number of anilines is 1. The summed E-state index contributed by atoms with van der Waals surface area (Å²) < 4.78 is 31.1. The molecule has 0 aliphatic carbocycles. The first-order valence-corrected chi connectivity index (χ1v) is 11.6. The van der Waals surface area contributed by atoms with Crippen molar-refractivity contribution < 1.29 is 17.9 Å². The highest BCUT2D eigenvalue weighted by atomic mass is 35.5. The van der Waals surface area contributed by atoms with Crippen molar-refractivity contribution in [3.05, 3.63) is 59.1 Å². The average molecular weight is 439 g/mol.